The Hall–Kier alpha value is -2.81. The Balaban J connectivity index is 1.27. The molecular weight excluding hydrogens is 410 g/mol. The van der Waals surface area contributed by atoms with Gasteiger partial charge in [0.2, 0.25) is 0 Å². The number of fused-ring (bicyclic) bond motifs is 1. The van der Waals surface area contributed by atoms with E-state index in [1.165, 1.54) is 0 Å². The number of nitrogens with one attached hydrogen (secondary N) is 4. The number of morpholine rings is 1. The zero-order valence-corrected chi connectivity index (χ0v) is 18.3. The highest BCUT2D eigenvalue weighted by atomic mass is 32.1. The van der Waals surface area contributed by atoms with Crippen molar-refractivity contribution in [1.82, 2.24) is 15.3 Å². The molecule has 0 aliphatic carbocycles. The van der Waals surface area contributed by atoms with Crippen LogP contribution in [-0.2, 0) is 11.3 Å². The summed E-state index contributed by atoms with van der Waals surface area (Å²) >= 11 is 5.23. The molecule has 4 rings (SSSR count). The van der Waals surface area contributed by atoms with Crippen molar-refractivity contribution in [3.8, 4) is 0 Å². The summed E-state index contributed by atoms with van der Waals surface area (Å²) in [6, 6.07) is 15.6. The first-order valence-corrected chi connectivity index (χ1v) is 11.1. The van der Waals surface area contributed by atoms with Crippen LogP contribution in [0.1, 0.15) is 22.3 Å². The number of amides is 1. The molecule has 0 unspecified atom stereocenters. The topological polar surface area (TPSA) is 83.5 Å². The quantitative estimate of drug-likeness (QED) is 0.319. The molecule has 2 aromatic carbocycles. The number of H-pyrrole nitrogens is 1. The number of nitrogens with zero attached hydrogens (tertiary/aromatic N) is 1. The lowest BCUT2D eigenvalue weighted by molar-refractivity contribution is -0.908. The molecular formula is C23H28N5O2S+. The normalized spacial score (nSPS) is 14.5. The summed E-state index contributed by atoms with van der Waals surface area (Å²) < 4.78 is 5.82. The minimum atomic E-state index is -0.0292. The van der Waals surface area contributed by atoms with Gasteiger partial charge in [0.1, 0.15) is 18.9 Å². The highest BCUT2D eigenvalue weighted by Crippen LogP contribution is 2.19. The third-order valence-electron chi connectivity index (χ3n) is 5.51. The van der Waals surface area contributed by atoms with E-state index in [0.717, 1.165) is 61.6 Å². The Bertz CT molecular complexity index is 1080. The fourth-order valence-corrected chi connectivity index (χ4v) is 3.95. The maximum Gasteiger partial charge on any atom is 0.251 e. The van der Waals surface area contributed by atoms with Gasteiger partial charge in [0.25, 0.3) is 5.91 Å². The number of aromatic nitrogens is 2. The molecule has 162 valence electrons. The second-order valence-corrected chi connectivity index (χ2v) is 8.10. The number of hydrogen-bond donors (Lipinski definition) is 4. The molecule has 31 heavy (non-hydrogen) atoms. The molecule has 4 N–H and O–H groups in total. The predicted molar refractivity (Wildman–Crippen MR) is 124 cm³/mol. The fraction of sp³-hybridized carbons (Fsp3) is 0.348. The van der Waals surface area contributed by atoms with Gasteiger partial charge in [0.05, 0.1) is 25.3 Å². The number of carbonyl (C=O) groups is 1. The van der Waals surface area contributed by atoms with E-state index in [1.807, 2.05) is 48.5 Å². The van der Waals surface area contributed by atoms with Gasteiger partial charge in [-0.2, -0.15) is 0 Å². The number of aromatic amines is 1. The van der Waals surface area contributed by atoms with Crippen LogP contribution in [0.5, 0.6) is 0 Å². The van der Waals surface area contributed by atoms with E-state index >= 15 is 0 Å². The minimum Gasteiger partial charge on any atom is -0.370 e. The van der Waals surface area contributed by atoms with Gasteiger partial charge in [0, 0.05) is 30.5 Å². The molecule has 0 bridgehead atoms. The Labute approximate surface area is 186 Å². The third-order valence-corrected chi connectivity index (χ3v) is 5.70. The molecule has 1 amide bonds. The number of hydrogen-bond acceptors (Lipinski definition) is 5. The van der Waals surface area contributed by atoms with Gasteiger partial charge in [-0.25, -0.2) is 4.98 Å². The highest BCUT2D eigenvalue weighted by Gasteiger charge is 2.13. The maximum absolute atomic E-state index is 12.4. The van der Waals surface area contributed by atoms with Gasteiger partial charge in [0.15, 0.2) is 4.77 Å². The number of ether oxygens (including phenoxy) is 1. The van der Waals surface area contributed by atoms with Crippen LogP contribution in [0.3, 0.4) is 0 Å². The molecule has 0 radical (unpaired) electrons. The van der Waals surface area contributed by atoms with Crippen LogP contribution >= 0.6 is 12.2 Å². The minimum absolute atomic E-state index is 0.0292. The summed E-state index contributed by atoms with van der Waals surface area (Å²) in [6.45, 7) is 6.16. The molecule has 3 aromatic rings. The summed E-state index contributed by atoms with van der Waals surface area (Å²) in [5.41, 5.74) is 2.69. The van der Waals surface area contributed by atoms with Crippen LogP contribution in [0, 0.1) is 4.77 Å². The number of carbonyl (C=O) groups excluding carboxylic acids is 1. The van der Waals surface area contributed by atoms with E-state index in [2.05, 4.69) is 20.6 Å². The molecule has 0 saturated carbocycles. The molecule has 7 nitrogen and oxygen atoms in total. The van der Waals surface area contributed by atoms with E-state index in [4.69, 9.17) is 17.0 Å². The Morgan fingerprint density at radius 1 is 1.13 bits per heavy atom. The average Bonchev–Trinajstić information content (AvgIpc) is 2.81. The third kappa shape index (κ3) is 5.88. The van der Waals surface area contributed by atoms with Gasteiger partial charge < -0.3 is 25.3 Å². The van der Waals surface area contributed by atoms with Crippen molar-refractivity contribution in [1.29, 1.82) is 0 Å². The van der Waals surface area contributed by atoms with Crippen LogP contribution in [-0.4, -0.2) is 55.3 Å². The van der Waals surface area contributed by atoms with E-state index in [9.17, 15) is 4.79 Å². The summed E-state index contributed by atoms with van der Waals surface area (Å²) in [6.07, 6.45) is 0.976. The number of quaternary nitrogens is 1. The van der Waals surface area contributed by atoms with Crippen LogP contribution < -0.4 is 15.5 Å². The zero-order valence-electron chi connectivity index (χ0n) is 17.4. The highest BCUT2D eigenvalue weighted by molar-refractivity contribution is 7.71. The molecule has 1 aromatic heterocycles. The molecule has 1 aliphatic rings. The summed E-state index contributed by atoms with van der Waals surface area (Å²) in [5.74, 6) is 0.724. The van der Waals surface area contributed by atoms with E-state index < -0.39 is 0 Å². The summed E-state index contributed by atoms with van der Waals surface area (Å²) in [7, 11) is 0. The standard InChI is InChI=1S/C23H27N5O2S/c29-22(24-10-3-11-28-12-14-30-15-13-28)18-8-6-17(7-9-18)16-25-21-19-4-1-2-5-20(19)26-23(31)27-21/h1-2,4-9H,3,10-16H2,(H,24,29)(H2,25,26,27,31)/p+1. The van der Waals surface area contributed by atoms with Crippen molar-refractivity contribution < 1.29 is 14.4 Å². The van der Waals surface area contributed by atoms with Gasteiger partial charge in [-0.15, -0.1) is 0 Å². The smallest absolute Gasteiger partial charge is 0.251 e. The number of anilines is 1. The lowest BCUT2D eigenvalue weighted by Crippen LogP contribution is -3.14. The molecule has 1 aliphatic heterocycles. The molecule has 0 atom stereocenters. The molecule has 0 spiro atoms. The van der Waals surface area contributed by atoms with E-state index in [0.29, 0.717) is 23.4 Å². The molecule has 1 fully saturated rings. The van der Waals surface area contributed by atoms with Crippen LogP contribution in [0.25, 0.3) is 10.9 Å². The number of rotatable bonds is 8. The first-order chi connectivity index (χ1) is 15.2. The molecule has 1 saturated heterocycles. The largest absolute Gasteiger partial charge is 0.370 e. The maximum atomic E-state index is 12.4. The van der Waals surface area contributed by atoms with Gasteiger partial charge in [-0.05, 0) is 42.0 Å². The zero-order chi connectivity index (χ0) is 21.5. The number of benzene rings is 2. The Kier molecular flexibility index (Phi) is 7.24. The van der Waals surface area contributed by atoms with Crippen molar-refractivity contribution in [3.05, 3.63) is 64.4 Å². The predicted octanol–water partition coefficient (Wildman–Crippen LogP) is 1.94. The van der Waals surface area contributed by atoms with Gasteiger partial charge in [-0.3, -0.25) is 4.79 Å². The van der Waals surface area contributed by atoms with Crippen molar-refractivity contribution in [2.24, 2.45) is 0 Å². The average molecular weight is 439 g/mol. The SMILES string of the molecule is O=C(NCCC[NH+]1CCOCC1)c1ccc(CNc2nc(=S)[nH]c3ccccc23)cc1. The molecule has 8 heteroatoms. The summed E-state index contributed by atoms with van der Waals surface area (Å²) in [5, 5.41) is 7.37. The van der Waals surface area contributed by atoms with Crippen LogP contribution in [0.2, 0.25) is 0 Å². The second-order valence-electron chi connectivity index (χ2n) is 7.71. The van der Waals surface area contributed by atoms with Crippen LogP contribution in [0.15, 0.2) is 48.5 Å². The number of para-hydroxylation sites is 1. The monoisotopic (exact) mass is 438 g/mol. The van der Waals surface area contributed by atoms with Crippen molar-refractivity contribution in [3.63, 3.8) is 0 Å². The van der Waals surface area contributed by atoms with Crippen LogP contribution in [0.4, 0.5) is 5.82 Å². The van der Waals surface area contributed by atoms with Crippen molar-refractivity contribution in [2.75, 3.05) is 44.7 Å². The van der Waals surface area contributed by atoms with E-state index in [-0.39, 0.29) is 5.91 Å². The molecule has 2 heterocycles. The fourth-order valence-electron chi connectivity index (χ4n) is 3.75. The first kappa shape index (κ1) is 21.4. The van der Waals surface area contributed by atoms with Gasteiger partial charge in [-0.1, -0.05) is 24.3 Å². The Morgan fingerprint density at radius 3 is 2.71 bits per heavy atom. The lowest BCUT2D eigenvalue weighted by atomic mass is 10.1. The van der Waals surface area contributed by atoms with E-state index in [1.54, 1.807) is 4.90 Å². The summed E-state index contributed by atoms with van der Waals surface area (Å²) in [4.78, 5) is 21.5. The van der Waals surface area contributed by atoms with Crippen molar-refractivity contribution >= 4 is 34.8 Å². The van der Waals surface area contributed by atoms with Crippen molar-refractivity contribution in [2.45, 2.75) is 13.0 Å². The second kappa shape index (κ2) is 10.5. The lowest BCUT2D eigenvalue weighted by Gasteiger charge is -2.23. The Morgan fingerprint density at radius 2 is 1.90 bits per heavy atom. The first-order valence-electron chi connectivity index (χ1n) is 10.7. The van der Waals surface area contributed by atoms with Gasteiger partial charge >= 0.3 is 0 Å².